The van der Waals surface area contributed by atoms with Gasteiger partial charge in [0.1, 0.15) is 11.5 Å². The van der Waals surface area contributed by atoms with E-state index in [9.17, 15) is 9.67 Å². The Morgan fingerprint density at radius 3 is 2.53 bits per heavy atom. The Hall–Kier alpha value is -2.30. The molecule has 1 aliphatic heterocycles. The molecule has 5 nitrogen and oxygen atoms in total. The first-order valence-electron chi connectivity index (χ1n) is 12.9. The lowest BCUT2D eigenvalue weighted by molar-refractivity contribution is -0.0116. The topological polar surface area (TPSA) is 65.0 Å². The van der Waals surface area contributed by atoms with Crippen LogP contribution in [0, 0.1) is 13.8 Å². The number of allylic oxidation sites excluding steroid dienone is 3. The van der Waals surface area contributed by atoms with Crippen LogP contribution in [0.3, 0.4) is 0 Å². The molecule has 0 aliphatic carbocycles. The van der Waals surface area contributed by atoms with Gasteiger partial charge in [0, 0.05) is 11.5 Å². The van der Waals surface area contributed by atoms with Crippen LogP contribution in [-0.4, -0.2) is 23.2 Å². The number of aromatic hydroxyl groups is 1. The van der Waals surface area contributed by atoms with Crippen LogP contribution in [0.4, 0.5) is 0 Å². The average molecular weight is 559 g/mol. The van der Waals surface area contributed by atoms with Gasteiger partial charge in [-0.2, -0.15) is 0 Å². The monoisotopic (exact) mass is 558 g/mol. The predicted molar refractivity (Wildman–Crippen MR) is 157 cm³/mol. The molecular formula is C31H40ClO5P. The molecule has 2 aromatic rings. The summed E-state index contributed by atoms with van der Waals surface area (Å²) < 4.78 is 31.5. The number of phenols is 1. The average Bonchev–Trinajstić information content (AvgIpc) is 2.79. The SMILES string of the molecule is C=C(/C=C\C=C(/C)Cl)[C@@H]1CC(C)(C)O[P@@](=O)(COc2cc(C)c(Cc3ccc(O)c(C(C)C)c3)c(C)c2)O1. The second-order valence-corrected chi connectivity index (χ2v) is 13.5. The van der Waals surface area contributed by atoms with Gasteiger partial charge in [-0.05, 0) is 105 Å². The van der Waals surface area contributed by atoms with Crippen LogP contribution in [0.25, 0.3) is 0 Å². The third kappa shape index (κ3) is 8.10. The Labute approximate surface area is 232 Å². The van der Waals surface area contributed by atoms with Crippen LogP contribution in [-0.2, 0) is 20.0 Å². The van der Waals surface area contributed by atoms with Gasteiger partial charge < -0.3 is 9.84 Å². The van der Waals surface area contributed by atoms with E-state index in [0.29, 0.717) is 28.5 Å². The summed E-state index contributed by atoms with van der Waals surface area (Å²) in [5, 5.41) is 10.8. The fourth-order valence-electron chi connectivity index (χ4n) is 4.63. The fourth-order valence-corrected chi connectivity index (χ4v) is 6.59. The molecule has 0 radical (unpaired) electrons. The van der Waals surface area contributed by atoms with Crippen molar-refractivity contribution in [1.29, 1.82) is 0 Å². The van der Waals surface area contributed by atoms with E-state index in [2.05, 4.69) is 26.5 Å². The van der Waals surface area contributed by atoms with Crippen molar-refractivity contribution < 1.29 is 23.5 Å². The maximum Gasteiger partial charge on any atom is 0.368 e. The lowest BCUT2D eigenvalue weighted by Crippen LogP contribution is -2.37. The van der Waals surface area contributed by atoms with Crippen molar-refractivity contribution in [3.05, 3.63) is 93.6 Å². The molecule has 0 saturated carbocycles. The molecule has 1 heterocycles. The van der Waals surface area contributed by atoms with E-state index in [1.165, 1.54) is 5.56 Å². The highest BCUT2D eigenvalue weighted by atomic mass is 35.5. The van der Waals surface area contributed by atoms with Gasteiger partial charge in [0.2, 0.25) is 0 Å². The predicted octanol–water partition coefficient (Wildman–Crippen LogP) is 9.09. The van der Waals surface area contributed by atoms with E-state index in [-0.39, 0.29) is 12.3 Å². The number of ether oxygens (including phenoxy) is 1. The van der Waals surface area contributed by atoms with Crippen LogP contribution in [0.5, 0.6) is 11.5 Å². The molecule has 1 saturated heterocycles. The van der Waals surface area contributed by atoms with Gasteiger partial charge in [0.25, 0.3) is 0 Å². The van der Waals surface area contributed by atoms with Crippen LogP contribution in [0.2, 0.25) is 0 Å². The second kappa shape index (κ2) is 12.3. The lowest BCUT2D eigenvalue weighted by Gasteiger charge is -2.40. The summed E-state index contributed by atoms with van der Waals surface area (Å²) in [4.78, 5) is 0. The summed E-state index contributed by atoms with van der Waals surface area (Å²) in [6.45, 7) is 17.9. The van der Waals surface area contributed by atoms with Crippen LogP contribution < -0.4 is 4.74 Å². The number of phenolic OH excluding ortho intramolecular Hbond substituents is 1. The number of halogens is 1. The summed E-state index contributed by atoms with van der Waals surface area (Å²) in [5.74, 6) is 1.18. The number of rotatable bonds is 9. The molecule has 3 rings (SSSR count). The maximum absolute atomic E-state index is 13.6. The largest absolute Gasteiger partial charge is 0.508 e. The van der Waals surface area contributed by atoms with E-state index in [1.807, 2.05) is 52.0 Å². The first-order chi connectivity index (χ1) is 17.7. The molecule has 0 spiro atoms. The zero-order valence-corrected chi connectivity index (χ0v) is 25.2. The van der Waals surface area contributed by atoms with Gasteiger partial charge in [-0.25, -0.2) is 0 Å². The molecule has 7 heteroatoms. The third-order valence-electron chi connectivity index (χ3n) is 6.55. The van der Waals surface area contributed by atoms with E-state index in [1.54, 1.807) is 25.1 Å². The molecule has 0 bridgehead atoms. The van der Waals surface area contributed by atoms with E-state index in [0.717, 1.165) is 28.7 Å². The molecule has 206 valence electrons. The second-order valence-electron chi connectivity index (χ2n) is 11.0. The van der Waals surface area contributed by atoms with E-state index >= 15 is 0 Å². The first kappa shape index (κ1) is 30.2. The number of hydrogen-bond donors (Lipinski definition) is 1. The van der Waals surface area contributed by atoms with E-state index < -0.39 is 19.3 Å². The third-order valence-corrected chi connectivity index (χ3v) is 8.47. The zero-order chi connectivity index (χ0) is 28.3. The highest BCUT2D eigenvalue weighted by molar-refractivity contribution is 7.53. The molecule has 1 fully saturated rings. The van der Waals surface area contributed by atoms with Crippen molar-refractivity contribution >= 4 is 19.2 Å². The number of aryl methyl sites for hydroxylation is 2. The van der Waals surface area contributed by atoms with Gasteiger partial charge in [0.05, 0.1) is 11.7 Å². The van der Waals surface area contributed by atoms with Crippen LogP contribution >= 0.6 is 19.2 Å². The Kier molecular flexibility index (Phi) is 9.76. The standard InChI is InChI=1S/C31H40ClO5P/c1-20(2)27-16-25(12-13-29(27)33)17-28-22(4)14-26(15-23(28)5)35-19-38(34)36-30(18-31(7,8)37-38)21(3)10-9-11-24(6)32/h9-16,20,30,33H,3,17-19H2,1-2,4-8H3/b10-9-,24-11+/t30-,38+/m0/s1. The molecular weight excluding hydrogens is 519 g/mol. The van der Waals surface area contributed by atoms with Gasteiger partial charge in [0.15, 0.2) is 6.35 Å². The van der Waals surface area contributed by atoms with Crippen LogP contribution in [0.1, 0.15) is 74.8 Å². The zero-order valence-electron chi connectivity index (χ0n) is 23.5. The minimum absolute atomic E-state index is 0.196. The van der Waals surface area contributed by atoms with Gasteiger partial charge in [-0.15, -0.1) is 0 Å². The lowest BCUT2D eigenvalue weighted by atomic mass is 9.93. The minimum atomic E-state index is -3.56. The van der Waals surface area contributed by atoms with Gasteiger partial charge in [-0.3, -0.25) is 13.6 Å². The molecule has 1 N–H and O–H groups in total. The Morgan fingerprint density at radius 1 is 1.26 bits per heavy atom. The van der Waals surface area contributed by atoms with Crippen molar-refractivity contribution in [2.75, 3.05) is 6.35 Å². The molecule has 1 aliphatic rings. The summed E-state index contributed by atoms with van der Waals surface area (Å²) in [5.41, 5.74) is 5.45. The maximum atomic E-state index is 13.6. The normalized spacial score (nSPS) is 21.7. The molecule has 0 amide bonds. The Bertz CT molecular complexity index is 1260. The molecule has 0 unspecified atom stereocenters. The van der Waals surface area contributed by atoms with Crippen LogP contribution in [0.15, 0.2) is 65.7 Å². The Morgan fingerprint density at radius 2 is 1.92 bits per heavy atom. The highest BCUT2D eigenvalue weighted by Gasteiger charge is 2.44. The molecule has 0 aromatic heterocycles. The highest BCUT2D eigenvalue weighted by Crippen LogP contribution is 2.58. The fraction of sp³-hybridized carbons (Fsp3) is 0.419. The van der Waals surface area contributed by atoms with Crippen molar-refractivity contribution in [2.24, 2.45) is 0 Å². The summed E-state index contributed by atoms with van der Waals surface area (Å²) in [6, 6.07) is 9.70. The smallest absolute Gasteiger partial charge is 0.368 e. The van der Waals surface area contributed by atoms with Crippen molar-refractivity contribution in [3.8, 4) is 11.5 Å². The Balaban J connectivity index is 1.74. The molecule has 38 heavy (non-hydrogen) atoms. The van der Waals surface area contributed by atoms with Crippen molar-refractivity contribution in [3.63, 3.8) is 0 Å². The number of hydrogen-bond acceptors (Lipinski definition) is 5. The van der Waals surface area contributed by atoms with Gasteiger partial charge >= 0.3 is 7.60 Å². The quantitative estimate of drug-likeness (QED) is 0.245. The first-order valence-corrected chi connectivity index (χ1v) is 15.0. The van der Waals surface area contributed by atoms with E-state index in [4.69, 9.17) is 25.4 Å². The molecule has 2 aromatic carbocycles. The van der Waals surface area contributed by atoms with Crippen molar-refractivity contribution in [1.82, 2.24) is 0 Å². The summed E-state index contributed by atoms with van der Waals surface area (Å²) in [7, 11) is -3.56. The van der Waals surface area contributed by atoms with Crippen molar-refractivity contribution in [2.45, 2.75) is 78.9 Å². The molecule has 2 atom stereocenters. The van der Waals surface area contributed by atoms with Gasteiger partial charge in [-0.1, -0.05) is 56.3 Å². The number of benzene rings is 2. The summed E-state index contributed by atoms with van der Waals surface area (Å²) in [6.07, 6.45) is 5.98. The summed E-state index contributed by atoms with van der Waals surface area (Å²) >= 11 is 5.89. The minimum Gasteiger partial charge on any atom is -0.508 e.